The predicted octanol–water partition coefficient (Wildman–Crippen LogP) is 1.78. The van der Waals surface area contributed by atoms with Gasteiger partial charge >= 0.3 is 0 Å². The van der Waals surface area contributed by atoms with Gasteiger partial charge in [-0.25, -0.2) is 8.42 Å². The summed E-state index contributed by atoms with van der Waals surface area (Å²) < 4.78 is 28.8. The van der Waals surface area contributed by atoms with Gasteiger partial charge in [0.05, 0.1) is 15.7 Å². The van der Waals surface area contributed by atoms with E-state index in [1.807, 2.05) is 24.3 Å². The van der Waals surface area contributed by atoms with E-state index in [4.69, 9.17) is 4.74 Å². The van der Waals surface area contributed by atoms with Crippen molar-refractivity contribution in [1.29, 1.82) is 0 Å². The number of rotatable bonds is 7. The number of hydrogen-bond donors (Lipinski definition) is 2. The molecule has 0 spiro atoms. The van der Waals surface area contributed by atoms with Crippen molar-refractivity contribution in [2.24, 2.45) is 5.92 Å². The second-order valence-corrected chi connectivity index (χ2v) is 8.76. The number of benzene rings is 2. The van der Waals surface area contributed by atoms with Gasteiger partial charge in [0.2, 0.25) is 5.91 Å². The fraction of sp³-hybridized carbons (Fsp3) is 0.316. The molecule has 0 saturated carbocycles. The summed E-state index contributed by atoms with van der Waals surface area (Å²) in [5, 5.41) is 16.9. The van der Waals surface area contributed by atoms with Crippen molar-refractivity contribution in [2.75, 3.05) is 31.3 Å². The molecule has 1 aliphatic heterocycles. The van der Waals surface area contributed by atoms with E-state index in [9.17, 15) is 23.3 Å². The van der Waals surface area contributed by atoms with Crippen molar-refractivity contribution in [3.8, 4) is 5.75 Å². The number of hydrogen-bond acceptors (Lipinski definition) is 7. The third kappa shape index (κ3) is 5.02. The highest BCUT2D eigenvalue weighted by atomic mass is 32.2. The molecule has 0 fully saturated rings. The molecule has 3 rings (SSSR count). The summed E-state index contributed by atoms with van der Waals surface area (Å²) in [4.78, 5) is 22.8. The molecule has 2 aromatic rings. The highest BCUT2D eigenvalue weighted by molar-refractivity contribution is 7.90. The zero-order valence-electron chi connectivity index (χ0n) is 15.8. The van der Waals surface area contributed by atoms with Crippen molar-refractivity contribution >= 4 is 27.1 Å². The smallest absolute Gasteiger partial charge is 0.293 e. The lowest BCUT2D eigenvalue weighted by molar-refractivity contribution is -0.384. The van der Waals surface area contributed by atoms with Crippen molar-refractivity contribution in [3.63, 3.8) is 0 Å². The fourth-order valence-electron chi connectivity index (χ4n) is 3.07. The molecule has 0 radical (unpaired) electrons. The molecular formula is C19H21N3O6S. The number of nitrogens with one attached hydrogen (secondary N) is 2. The largest absolute Gasteiger partial charge is 0.492 e. The molecule has 1 atom stereocenters. The SMILES string of the molecule is CS(=O)(=O)c1ccc(NCCNC(=O)C2COc3ccccc3C2)c([N+](=O)[O-])c1. The standard InChI is InChI=1S/C19H21N3O6S/c1-29(26,27)15-6-7-16(17(11-15)22(24)25)20-8-9-21-19(23)14-10-13-4-2-3-5-18(13)28-12-14/h2-7,11,14,20H,8-10,12H2,1H3,(H,21,23). The molecule has 1 unspecified atom stereocenters. The van der Waals surface area contributed by atoms with Crippen LogP contribution in [0.25, 0.3) is 0 Å². The van der Waals surface area contributed by atoms with Gasteiger partial charge in [-0.3, -0.25) is 14.9 Å². The molecule has 0 saturated heterocycles. The van der Waals surface area contributed by atoms with Crippen LogP contribution in [-0.2, 0) is 21.1 Å². The van der Waals surface area contributed by atoms with Crippen LogP contribution in [0.2, 0.25) is 0 Å². The number of para-hydroxylation sites is 1. The molecule has 1 heterocycles. The molecule has 0 bridgehead atoms. The van der Waals surface area contributed by atoms with Crippen LogP contribution in [0.15, 0.2) is 47.4 Å². The van der Waals surface area contributed by atoms with Crippen LogP contribution in [0.3, 0.4) is 0 Å². The third-order valence-electron chi connectivity index (χ3n) is 4.58. The number of anilines is 1. The quantitative estimate of drug-likeness (QED) is 0.398. The highest BCUT2D eigenvalue weighted by Crippen LogP contribution is 2.28. The lowest BCUT2D eigenvalue weighted by atomic mass is 9.96. The van der Waals surface area contributed by atoms with Gasteiger partial charge in [-0.2, -0.15) is 0 Å². The molecule has 29 heavy (non-hydrogen) atoms. The first kappa shape index (κ1) is 20.6. The number of fused-ring (bicyclic) bond motifs is 1. The lowest BCUT2D eigenvalue weighted by Crippen LogP contribution is -2.39. The zero-order chi connectivity index (χ0) is 21.0. The van der Waals surface area contributed by atoms with Gasteiger partial charge < -0.3 is 15.4 Å². The van der Waals surface area contributed by atoms with Crippen LogP contribution in [0.1, 0.15) is 5.56 Å². The highest BCUT2D eigenvalue weighted by Gasteiger charge is 2.25. The Morgan fingerprint density at radius 3 is 2.72 bits per heavy atom. The first-order valence-corrected chi connectivity index (χ1v) is 10.9. The minimum absolute atomic E-state index is 0.124. The number of amides is 1. The van der Waals surface area contributed by atoms with Gasteiger partial charge in [0.15, 0.2) is 9.84 Å². The summed E-state index contributed by atoms with van der Waals surface area (Å²) in [6, 6.07) is 11.3. The first-order chi connectivity index (χ1) is 13.8. The lowest BCUT2D eigenvalue weighted by Gasteiger charge is -2.24. The molecule has 1 amide bonds. The monoisotopic (exact) mass is 419 g/mol. The Labute approximate surface area is 168 Å². The molecule has 2 aromatic carbocycles. The van der Waals surface area contributed by atoms with E-state index in [1.165, 1.54) is 12.1 Å². The van der Waals surface area contributed by atoms with E-state index in [0.717, 1.165) is 23.6 Å². The maximum Gasteiger partial charge on any atom is 0.293 e. The predicted molar refractivity (Wildman–Crippen MR) is 107 cm³/mol. The number of nitro groups is 1. The van der Waals surface area contributed by atoms with Crippen LogP contribution in [0, 0.1) is 16.0 Å². The number of nitrogens with zero attached hydrogens (tertiary/aromatic N) is 1. The maximum atomic E-state index is 12.4. The van der Waals surface area contributed by atoms with Crippen molar-refractivity contribution in [1.82, 2.24) is 5.32 Å². The molecule has 9 nitrogen and oxygen atoms in total. The van der Waals surface area contributed by atoms with Crippen LogP contribution in [0.5, 0.6) is 5.75 Å². The number of ether oxygens (including phenoxy) is 1. The molecule has 1 aliphatic rings. The Kier molecular flexibility index (Phi) is 6.02. The van der Waals surface area contributed by atoms with Gasteiger partial charge in [-0.1, -0.05) is 18.2 Å². The summed E-state index contributed by atoms with van der Waals surface area (Å²) in [5.74, 6) is 0.347. The third-order valence-corrected chi connectivity index (χ3v) is 5.69. The van der Waals surface area contributed by atoms with E-state index < -0.39 is 14.8 Å². The van der Waals surface area contributed by atoms with E-state index in [-0.39, 0.29) is 41.2 Å². The average Bonchev–Trinajstić information content (AvgIpc) is 2.69. The molecular weight excluding hydrogens is 398 g/mol. The minimum Gasteiger partial charge on any atom is -0.492 e. The Bertz CT molecular complexity index is 1040. The maximum absolute atomic E-state index is 12.4. The normalized spacial score (nSPS) is 15.7. The second kappa shape index (κ2) is 8.48. The first-order valence-electron chi connectivity index (χ1n) is 8.96. The number of nitro benzene ring substituents is 1. The van der Waals surface area contributed by atoms with Crippen LogP contribution < -0.4 is 15.4 Å². The van der Waals surface area contributed by atoms with Crippen molar-refractivity contribution in [2.45, 2.75) is 11.3 Å². The van der Waals surface area contributed by atoms with E-state index in [1.54, 1.807) is 0 Å². The van der Waals surface area contributed by atoms with Gasteiger partial charge in [0.25, 0.3) is 5.69 Å². The summed E-state index contributed by atoms with van der Waals surface area (Å²) in [5.41, 5.74) is 0.835. The van der Waals surface area contributed by atoms with E-state index in [0.29, 0.717) is 13.0 Å². The molecule has 154 valence electrons. The Hall–Kier alpha value is -3.14. The Morgan fingerprint density at radius 2 is 2.00 bits per heavy atom. The molecule has 0 aliphatic carbocycles. The van der Waals surface area contributed by atoms with Gasteiger partial charge in [0, 0.05) is 25.4 Å². The van der Waals surface area contributed by atoms with Crippen molar-refractivity contribution in [3.05, 3.63) is 58.1 Å². The summed E-state index contributed by atoms with van der Waals surface area (Å²) in [7, 11) is -3.55. The average molecular weight is 419 g/mol. The summed E-state index contributed by atoms with van der Waals surface area (Å²) in [6.07, 6.45) is 1.58. The minimum atomic E-state index is -3.55. The van der Waals surface area contributed by atoms with Crippen LogP contribution in [0.4, 0.5) is 11.4 Å². The molecule has 10 heteroatoms. The van der Waals surface area contributed by atoms with Crippen LogP contribution in [-0.4, -0.2) is 45.2 Å². The van der Waals surface area contributed by atoms with Gasteiger partial charge in [0.1, 0.15) is 18.0 Å². The number of sulfone groups is 1. The fourth-order valence-corrected chi connectivity index (χ4v) is 3.71. The van der Waals surface area contributed by atoms with Crippen LogP contribution >= 0.6 is 0 Å². The van der Waals surface area contributed by atoms with E-state index in [2.05, 4.69) is 10.6 Å². The second-order valence-electron chi connectivity index (χ2n) is 6.75. The Balaban J connectivity index is 1.54. The zero-order valence-corrected chi connectivity index (χ0v) is 16.6. The number of carbonyl (C=O) groups excluding carboxylic acids is 1. The van der Waals surface area contributed by atoms with Gasteiger partial charge in [-0.05, 0) is 30.2 Å². The summed E-state index contributed by atoms with van der Waals surface area (Å²) >= 11 is 0. The topological polar surface area (TPSA) is 128 Å². The Morgan fingerprint density at radius 1 is 1.24 bits per heavy atom. The molecule has 2 N–H and O–H groups in total. The van der Waals surface area contributed by atoms with Gasteiger partial charge in [-0.15, -0.1) is 0 Å². The summed E-state index contributed by atoms with van der Waals surface area (Å²) in [6.45, 7) is 0.797. The molecule has 0 aromatic heterocycles. The number of carbonyl (C=O) groups is 1. The van der Waals surface area contributed by atoms with Crippen molar-refractivity contribution < 1.29 is 22.9 Å². The van der Waals surface area contributed by atoms with E-state index >= 15 is 0 Å².